The molecule has 0 saturated carbocycles. The number of hydrogen-bond donors (Lipinski definition) is 1. The summed E-state index contributed by atoms with van der Waals surface area (Å²) < 4.78 is 57.6. The van der Waals surface area contributed by atoms with Gasteiger partial charge < -0.3 is 19.3 Å². The molecule has 10 atom stereocenters. The average Bonchev–Trinajstić information content (AvgIpc) is 3.89. The summed E-state index contributed by atoms with van der Waals surface area (Å²) in [5.74, 6) is -5.47. The lowest BCUT2D eigenvalue weighted by Crippen LogP contribution is -2.52. The Bertz CT molecular complexity index is 2200. The van der Waals surface area contributed by atoms with E-state index in [1.54, 1.807) is 39.0 Å². The monoisotopic (exact) mass is 776 g/mol. The molecule has 16 heteroatoms. The largest absolute Gasteiger partial charge is 0.459 e. The van der Waals surface area contributed by atoms with Crippen molar-refractivity contribution in [3.8, 4) is 6.07 Å². The van der Waals surface area contributed by atoms with Crippen LogP contribution in [0.3, 0.4) is 0 Å². The van der Waals surface area contributed by atoms with Crippen molar-refractivity contribution in [3.63, 3.8) is 0 Å². The first-order chi connectivity index (χ1) is 26.2. The van der Waals surface area contributed by atoms with E-state index >= 15 is 0 Å². The molecule has 6 saturated heterocycles. The van der Waals surface area contributed by atoms with Crippen LogP contribution in [0.1, 0.15) is 77.0 Å². The van der Waals surface area contributed by atoms with Crippen molar-refractivity contribution in [2.24, 2.45) is 23.7 Å². The number of nitrogens with zero attached hydrogens (tertiary/aromatic N) is 4. The summed E-state index contributed by atoms with van der Waals surface area (Å²) in [6.07, 6.45) is -4.97. The second-order valence-corrected chi connectivity index (χ2v) is 15.8. The lowest BCUT2D eigenvalue weighted by molar-refractivity contribution is -0.162. The van der Waals surface area contributed by atoms with E-state index in [0.717, 1.165) is 17.0 Å². The first-order valence-electron chi connectivity index (χ1n) is 18.3. The maximum atomic E-state index is 13.4. The third kappa shape index (κ3) is 5.18. The fraction of sp³-hybridized carbons (Fsp3) is 0.525. The first kappa shape index (κ1) is 39.1. The zero-order valence-electron chi connectivity index (χ0n) is 31.4. The Morgan fingerprint density at radius 2 is 1.41 bits per heavy atom. The smallest absolute Gasteiger partial charge is 0.417 e. The lowest BCUT2D eigenvalue weighted by atomic mass is 9.66. The molecule has 0 spiro atoms. The minimum Gasteiger partial charge on any atom is -0.459 e. The van der Waals surface area contributed by atoms with Crippen LogP contribution in [-0.2, 0) is 44.4 Å². The molecule has 0 radical (unpaired) electrons. The molecule has 6 heterocycles. The van der Waals surface area contributed by atoms with Gasteiger partial charge in [0.1, 0.15) is 17.3 Å². The summed E-state index contributed by atoms with van der Waals surface area (Å²) >= 11 is 0. The number of aliphatic hydroxyl groups excluding tert-OH is 1. The van der Waals surface area contributed by atoms with Crippen LogP contribution in [0.2, 0.25) is 0 Å². The first-order valence-corrected chi connectivity index (χ1v) is 18.3. The maximum absolute atomic E-state index is 13.4. The number of esters is 1. The fourth-order valence-corrected chi connectivity index (χ4v) is 10.5. The van der Waals surface area contributed by atoms with Crippen LogP contribution in [0.4, 0.5) is 30.2 Å². The molecule has 4 amide bonds. The molecule has 6 aliphatic heterocycles. The van der Waals surface area contributed by atoms with Crippen LogP contribution in [0.5, 0.6) is 0 Å². The van der Waals surface area contributed by atoms with Crippen molar-refractivity contribution < 1.29 is 56.5 Å². The van der Waals surface area contributed by atoms with E-state index in [4.69, 9.17) is 26.0 Å². The number of amides is 4. The van der Waals surface area contributed by atoms with Crippen LogP contribution in [-0.4, -0.2) is 69.3 Å². The van der Waals surface area contributed by atoms with E-state index in [-0.39, 0.29) is 23.9 Å². The third-order valence-corrected chi connectivity index (χ3v) is 12.8. The number of hydrogen-bond acceptors (Lipinski definition) is 10. The van der Waals surface area contributed by atoms with E-state index in [2.05, 4.69) is 4.85 Å². The minimum atomic E-state index is -4.81. The van der Waals surface area contributed by atoms with Gasteiger partial charge in [-0.2, -0.15) is 18.4 Å². The number of carbonyl (C=O) groups excluding carboxylic acids is 5. The molecule has 56 heavy (non-hydrogen) atoms. The SMILES string of the molecule is CCC12OC(C)(C[C@H]1O)[C@@H]1C(=O)N(c3ccc(C#N)c(C(F)(F)F)c3)C(=O)[C@@H]12.[C-]#[N+]c1ccc(N2C(=O)[C@@H]3[C@H](C2=O)C2(C)C[C@H](OC(C)=O)C3(CC)O2)cc1C. The summed E-state index contributed by atoms with van der Waals surface area (Å²) in [7, 11) is 0. The minimum absolute atomic E-state index is 0.177. The molecule has 2 aromatic rings. The average molecular weight is 777 g/mol. The van der Waals surface area contributed by atoms with Crippen molar-refractivity contribution in [2.75, 3.05) is 9.80 Å². The second-order valence-electron chi connectivity index (χ2n) is 15.8. The van der Waals surface area contributed by atoms with Crippen LogP contribution in [0.15, 0.2) is 36.4 Å². The Morgan fingerprint density at radius 3 is 1.91 bits per heavy atom. The third-order valence-electron chi connectivity index (χ3n) is 12.8. The zero-order valence-corrected chi connectivity index (χ0v) is 31.4. The number of aryl methyl sites for hydroxylation is 1. The quantitative estimate of drug-likeness (QED) is 0.239. The molecule has 0 aliphatic carbocycles. The number of nitriles is 1. The van der Waals surface area contributed by atoms with Gasteiger partial charge in [0.25, 0.3) is 0 Å². The standard InChI is InChI=1S/C21H22N2O5.C19H17F3N2O4/c1-6-21-15(27-12(3)24)10-20(4,28-21)16-17(21)19(26)23(18(16)25)13-7-8-14(22-5)11(2)9-13;1-3-18-12(25)7-17(2,28-18)13-14(18)16(27)24(15(13)26)10-5-4-9(8-23)11(6-10)19(20,21)22/h7-9,15-17H,6,10H2,1-4H3;4-6,12-14,25H,3,7H2,1-2H3/t15-,16+,17-,20?,21?;12-,13+,14-,17?,18?/m01/s1. The van der Waals surface area contributed by atoms with Gasteiger partial charge in [-0.05, 0) is 69.5 Å². The van der Waals surface area contributed by atoms with Gasteiger partial charge in [0, 0.05) is 25.5 Å². The number of carbonyl (C=O) groups is 5. The molecule has 294 valence electrons. The van der Waals surface area contributed by atoms with E-state index in [0.29, 0.717) is 42.3 Å². The predicted octanol–water partition coefficient (Wildman–Crippen LogP) is 5.31. The number of alkyl halides is 3. The normalized spacial score (nSPS) is 36.3. The van der Waals surface area contributed by atoms with Gasteiger partial charge in [0.05, 0.1) is 70.4 Å². The molecule has 4 bridgehead atoms. The molecule has 6 fully saturated rings. The van der Waals surface area contributed by atoms with Gasteiger partial charge in [-0.25, -0.2) is 14.6 Å². The molecule has 1 N–H and O–H groups in total. The number of ether oxygens (including phenoxy) is 3. The van der Waals surface area contributed by atoms with Crippen molar-refractivity contribution in [1.29, 1.82) is 5.26 Å². The molecule has 8 rings (SSSR count). The van der Waals surface area contributed by atoms with Crippen molar-refractivity contribution in [2.45, 2.75) is 108 Å². The highest BCUT2D eigenvalue weighted by Crippen LogP contribution is 2.64. The highest BCUT2D eigenvalue weighted by molar-refractivity contribution is 6.24. The number of anilines is 2. The van der Waals surface area contributed by atoms with Crippen molar-refractivity contribution in [3.05, 3.63) is 64.5 Å². The number of fused-ring (bicyclic) bond motifs is 10. The van der Waals surface area contributed by atoms with Crippen LogP contribution < -0.4 is 9.80 Å². The summed E-state index contributed by atoms with van der Waals surface area (Å²) in [4.78, 5) is 69.9. The van der Waals surface area contributed by atoms with Gasteiger partial charge in [-0.3, -0.25) is 24.0 Å². The fourth-order valence-electron chi connectivity index (χ4n) is 10.5. The number of imide groups is 2. The number of benzene rings is 2. The Kier molecular flexibility index (Phi) is 8.85. The van der Waals surface area contributed by atoms with Crippen LogP contribution >= 0.6 is 0 Å². The zero-order chi connectivity index (χ0) is 41.1. The molecule has 2 aromatic carbocycles. The predicted molar refractivity (Wildman–Crippen MR) is 188 cm³/mol. The number of halogens is 3. The van der Waals surface area contributed by atoms with Gasteiger partial charge in [0.2, 0.25) is 23.6 Å². The van der Waals surface area contributed by atoms with E-state index in [9.17, 15) is 42.3 Å². The number of aliphatic hydroxyl groups is 1. The summed E-state index contributed by atoms with van der Waals surface area (Å²) in [5.41, 5.74) is -4.50. The van der Waals surface area contributed by atoms with Gasteiger partial charge in [0.15, 0.2) is 5.69 Å². The molecule has 13 nitrogen and oxygen atoms in total. The molecule has 6 aliphatic rings. The van der Waals surface area contributed by atoms with Gasteiger partial charge in [-0.15, -0.1) is 0 Å². The van der Waals surface area contributed by atoms with E-state index in [1.165, 1.54) is 17.9 Å². The molecule has 4 unspecified atom stereocenters. The lowest BCUT2D eigenvalue weighted by Gasteiger charge is -2.36. The van der Waals surface area contributed by atoms with E-state index < -0.39 is 93.4 Å². The highest BCUT2D eigenvalue weighted by Gasteiger charge is 2.78. The second kappa shape index (κ2) is 12.7. The summed E-state index contributed by atoms with van der Waals surface area (Å²) in [6, 6.07) is 9.17. The van der Waals surface area contributed by atoms with E-state index in [1.807, 2.05) is 13.8 Å². The Labute approximate surface area is 320 Å². The van der Waals surface area contributed by atoms with Crippen molar-refractivity contribution in [1.82, 2.24) is 0 Å². The van der Waals surface area contributed by atoms with Crippen molar-refractivity contribution >= 4 is 46.7 Å². The molecular formula is C40H39F3N4O9. The Morgan fingerprint density at radius 1 is 0.911 bits per heavy atom. The Hall–Kier alpha value is -5.16. The molecule has 0 aromatic heterocycles. The maximum Gasteiger partial charge on any atom is 0.417 e. The Balaban J connectivity index is 0.000000172. The number of rotatable bonds is 5. The van der Waals surface area contributed by atoms with Crippen LogP contribution in [0.25, 0.3) is 4.85 Å². The van der Waals surface area contributed by atoms with Crippen LogP contribution in [0, 0.1) is 48.5 Å². The highest BCUT2D eigenvalue weighted by atomic mass is 19.4. The topological polar surface area (TPSA) is 168 Å². The summed E-state index contributed by atoms with van der Waals surface area (Å²) in [5, 5.41) is 19.4. The van der Waals surface area contributed by atoms with Gasteiger partial charge in [-0.1, -0.05) is 19.9 Å². The summed E-state index contributed by atoms with van der Waals surface area (Å²) in [6.45, 7) is 17.4. The van der Waals surface area contributed by atoms with Gasteiger partial charge >= 0.3 is 12.1 Å². The molecular weight excluding hydrogens is 737 g/mol.